The van der Waals surface area contributed by atoms with Crippen LogP contribution in [0.3, 0.4) is 0 Å². The van der Waals surface area contributed by atoms with Gasteiger partial charge in [0, 0.05) is 45.4 Å². The summed E-state index contributed by atoms with van der Waals surface area (Å²) in [5.41, 5.74) is 0.428. The van der Waals surface area contributed by atoms with Gasteiger partial charge in [-0.3, -0.25) is 4.90 Å². The first-order valence-electron chi connectivity index (χ1n) is 7.91. The molecular weight excluding hydrogens is 240 g/mol. The smallest absolute Gasteiger partial charge is 0.0674 e. The van der Waals surface area contributed by atoms with Crippen LogP contribution in [0.25, 0.3) is 0 Å². The second-order valence-corrected chi connectivity index (χ2v) is 6.68. The van der Waals surface area contributed by atoms with Gasteiger partial charge in [-0.2, -0.15) is 0 Å². The molecule has 1 saturated carbocycles. The standard InChI is InChI=1S/C15H28N2O2/c1-13-10-17(6-9-19-13)12-15(4-7-18-8-5-15)11-16-14-2-3-14/h13-14,16H,2-12H2,1H3. The largest absolute Gasteiger partial charge is 0.381 e. The molecule has 1 atom stereocenters. The van der Waals surface area contributed by atoms with Crippen LogP contribution >= 0.6 is 0 Å². The van der Waals surface area contributed by atoms with Crippen LogP contribution in [0, 0.1) is 5.41 Å². The van der Waals surface area contributed by atoms with Gasteiger partial charge in [-0.1, -0.05) is 0 Å². The summed E-state index contributed by atoms with van der Waals surface area (Å²) in [6.45, 7) is 9.52. The molecule has 1 unspecified atom stereocenters. The van der Waals surface area contributed by atoms with E-state index < -0.39 is 0 Å². The molecule has 2 heterocycles. The van der Waals surface area contributed by atoms with Crippen molar-refractivity contribution in [3.8, 4) is 0 Å². The molecular formula is C15H28N2O2. The molecule has 0 aromatic heterocycles. The first-order chi connectivity index (χ1) is 9.26. The molecule has 3 aliphatic rings. The average molecular weight is 268 g/mol. The molecule has 1 N–H and O–H groups in total. The summed E-state index contributed by atoms with van der Waals surface area (Å²) in [6, 6.07) is 0.809. The number of nitrogens with one attached hydrogen (secondary N) is 1. The molecule has 0 spiro atoms. The Labute approximate surface area is 116 Å². The lowest BCUT2D eigenvalue weighted by Gasteiger charge is -2.43. The lowest BCUT2D eigenvalue weighted by Crippen LogP contribution is -2.51. The maximum atomic E-state index is 5.66. The Morgan fingerprint density at radius 3 is 2.68 bits per heavy atom. The monoisotopic (exact) mass is 268 g/mol. The molecule has 2 saturated heterocycles. The highest BCUT2D eigenvalue weighted by atomic mass is 16.5. The summed E-state index contributed by atoms with van der Waals surface area (Å²) in [7, 11) is 0. The average Bonchev–Trinajstić information content (AvgIpc) is 3.22. The highest BCUT2D eigenvalue weighted by Gasteiger charge is 2.36. The van der Waals surface area contributed by atoms with Gasteiger partial charge < -0.3 is 14.8 Å². The fourth-order valence-electron chi connectivity index (χ4n) is 3.35. The minimum atomic E-state index is 0.391. The third kappa shape index (κ3) is 3.91. The van der Waals surface area contributed by atoms with Crippen LogP contribution < -0.4 is 5.32 Å². The fourth-order valence-corrected chi connectivity index (χ4v) is 3.35. The van der Waals surface area contributed by atoms with Crippen molar-refractivity contribution in [1.29, 1.82) is 0 Å². The van der Waals surface area contributed by atoms with Gasteiger partial charge in [0.05, 0.1) is 12.7 Å². The van der Waals surface area contributed by atoms with Crippen LogP contribution in [-0.2, 0) is 9.47 Å². The van der Waals surface area contributed by atoms with E-state index in [0.717, 1.165) is 39.0 Å². The second-order valence-electron chi connectivity index (χ2n) is 6.68. The number of rotatable bonds is 5. The Balaban J connectivity index is 1.56. The molecule has 1 aliphatic carbocycles. The van der Waals surface area contributed by atoms with Crippen LogP contribution in [0.15, 0.2) is 0 Å². The minimum Gasteiger partial charge on any atom is -0.381 e. The lowest BCUT2D eigenvalue weighted by molar-refractivity contribution is -0.0534. The van der Waals surface area contributed by atoms with E-state index in [4.69, 9.17) is 9.47 Å². The van der Waals surface area contributed by atoms with E-state index in [2.05, 4.69) is 17.1 Å². The van der Waals surface area contributed by atoms with Crippen molar-refractivity contribution in [3.05, 3.63) is 0 Å². The molecule has 0 bridgehead atoms. The Bertz CT molecular complexity index is 288. The van der Waals surface area contributed by atoms with E-state index in [1.807, 2.05) is 0 Å². The summed E-state index contributed by atoms with van der Waals surface area (Å²) < 4.78 is 11.2. The zero-order chi connectivity index (χ0) is 13.1. The topological polar surface area (TPSA) is 33.7 Å². The molecule has 2 aliphatic heterocycles. The quantitative estimate of drug-likeness (QED) is 0.814. The van der Waals surface area contributed by atoms with E-state index in [1.165, 1.54) is 38.8 Å². The number of nitrogens with zero attached hydrogens (tertiary/aromatic N) is 1. The van der Waals surface area contributed by atoms with E-state index in [0.29, 0.717) is 11.5 Å². The summed E-state index contributed by atoms with van der Waals surface area (Å²) in [5.74, 6) is 0. The van der Waals surface area contributed by atoms with Gasteiger partial charge in [0.1, 0.15) is 0 Å². The van der Waals surface area contributed by atoms with Crippen molar-refractivity contribution in [2.24, 2.45) is 5.41 Å². The predicted molar refractivity (Wildman–Crippen MR) is 75.4 cm³/mol. The minimum absolute atomic E-state index is 0.391. The Morgan fingerprint density at radius 2 is 2.00 bits per heavy atom. The third-order valence-electron chi connectivity index (χ3n) is 4.78. The van der Waals surface area contributed by atoms with E-state index in [9.17, 15) is 0 Å². The summed E-state index contributed by atoms with van der Waals surface area (Å²) >= 11 is 0. The van der Waals surface area contributed by atoms with Gasteiger partial charge in [0.2, 0.25) is 0 Å². The van der Waals surface area contributed by atoms with Crippen LogP contribution in [0.5, 0.6) is 0 Å². The predicted octanol–water partition coefficient (Wildman–Crippen LogP) is 1.26. The molecule has 4 nitrogen and oxygen atoms in total. The first kappa shape index (κ1) is 13.8. The van der Waals surface area contributed by atoms with Crippen LogP contribution in [-0.4, -0.2) is 63.0 Å². The van der Waals surface area contributed by atoms with Gasteiger partial charge in [-0.05, 0) is 38.0 Å². The van der Waals surface area contributed by atoms with Gasteiger partial charge in [0.25, 0.3) is 0 Å². The molecule has 3 fully saturated rings. The molecule has 0 amide bonds. The Kier molecular flexibility index (Phi) is 4.42. The highest BCUT2D eigenvalue weighted by Crippen LogP contribution is 2.33. The van der Waals surface area contributed by atoms with Crippen molar-refractivity contribution in [2.75, 3.05) is 46.0 Å². The second kappa shape index (κ2) is 6.08. The van der Waals surface area contributed by atoms with Gasteiger partial charge in [-0.15, -0.1) is 0 Å². The van der Waals surface area contributed by atoms with Crippen LogP contribution in [0.4, 0.5) is 0 Å². The fraction of sp³-hybridized carbons (Fsp3) is 1.00. The molecule has 0 radical (unpaired) electrons. The van der Waals surface area contributed by atoms with Crippen molar-refractivity contribution < 1.29 is 9.47 Å². The normalized spacial score (nSPS) is 32.4. The van der Waals surface area contributed by atoms with E-state index >= 15 is 0 Å². The molecule has 3 rings (SSSR count). The number of morpholine rings is 1. The summed E-state index contributed by atoms with van der Waals surface area (Å²) in [6.07, 6.45) is 5.56. The number of ether oxygens (including phenoxy) is 2. The highest BCUT2D eigenvalue weighted by molar-refractivity contribution is 4.91. The zero-order valence-electron chi connectivity index (χ0n) is 12.2. The maximum Gasteiger partial charge on any atom is 0.0674 e. The zero-order valence-corrected chi connectivity index (χ0v) is 12.2. The van der Waals surface area contributed by atoms with Crippen molar-refractivity contribution >= 4 is 0 Å². The lowest BCUT2D eigenvalue weighted by atomic mass is 9.79. The van der Waals surface area contributed by atoms with E-state index in [-0.39, 0.29) is 0 Å². The third-order valence-corrected chi connectivity index (χ3v) is 4.78. The molecule has 19 heavy (non-hydrogen) atoms. The molecule has 0 aromatic carbocycles. The van der Waals surface area contributed by atoms with Gasteiger partial charge in [0.15, 0.2) is 0 Å². The van der Waals surface area contributed by atoms with Crippen molar-refractivity contribution in [2.45, 2.75) is 44.8 Å². The van der Waals surface area contributed by atoms with Gasteiger partial charge in [-0.25, -0.2) is 0 Å². The molecule has 4 heteroatoms. The number of hydrogen-bond donors (Lipinski definition) is 1. The van der Waals surface area contributed by atoms with E-state index in [1.54, 1.807) is 0 Å². The molecule has 0 aromatic rings. The number of hydrogen-bond acceptors (Lipinski definition) is 4. The SMILES string of the molecule is CC1CN(CC2(CNC3CC3)CCOCC2)CCO1. The Morgan fingerprint density at radius 1 is 1.21 bits per heavy atom. The molecule has 110 valence electrons. The van der Waals surface area contributed by atoms with Crippen LogP contribution in [0.2, 0.25) is 0 Å². The van der Waals surface area contributed by atoms with Crippen molar-refractivity contribution in [3.63, 3.8) is 0 Å². The Hall–Kier alpha value is -0.160. The summed E-state index contributed by atoms with van der Waals surface area (Å²) in [5, 5.41) is 3.75. The first-order valence-corrected chi connectivity index (χ1v) is 7.91. The van der Waals surface area contributed by atoms with Crippen LogP contribution in [0.1, 0.15) is 32.6 Å². The summed E-state index contributed by atoms with van der Waals surface area (Å²) in [4.78, 5) is 2.61. The van der Waals surface area contributed by atoms with Gasteiger partial charge >= 0.3 is 0 Å². The van der Waals surface area contributed by atoms with Crippen molar-refractivity contribution in [1.82, 2.24) is 10.2 Å². The maximum absolute atomic E-state index is 5.66.